The van der Waals surface area contributed by atoms with E-state index < -0.39 is 0 Å². The Balaban J connectivity index is 1.44. The largest absolute Gasteiger partial charge is 0.338 e. The van der Waals surface area contributed by atoms with Crippen LogP contribution in [0.4, 0.5) is 5.69 Å². The lowest BCUT2D eigenvalue weighted by molar-refractivity contribution is -0.128. The Kier molecular flexibility index (Phi) is 4.74. The van der Waals surface area contributed by atoms with E-state index in [1.54, 1.807) is 0 Å². The number of hydrogen-bond acceptors (Lipinski definition) is 2. The Bertz CT molecular complexity index is 827. The molecule has 4 nitrogen and oxygen atoms in total. The highest BCUT2D eigenvalue weighted by Crippen LogP contribution is 2.28. The van der Waals surface area contributed by atoms with Crippen LogP contribution in [-0.4, -0.2) is 23.3 Å². The Morgan fingerprint density at radius 2 is 1.77 bits per heavy atom. The van der Waals surface area contributed by atoms with Crippen molar-refractivity contribution in [3.63, 3.8) is 0 Å². The lowest BCUT2D eigenvalue weighted by Gasteiger charge is -2.19. The standard InChI is InChI=1S/C22H24N2O2/c25-21-9-4-14-24(21)15-16-10-12-18(13-11-16)22(26)23-20-8-3-6-17-5-1-2-7-19(17)20/h3,6,8,10-13H,1-2,4-5,7,9,14-15H2,(H,23,26). The molecule has 0 radical (unpaired) electrons. The molecule has 0 aromatic heterocycles. The van der Waals surface area contributed by atoms with Gasteiger partial charge in [0.05, 0.1) is 0 Å². The highest BCUT2D eigenvalue weighted by atomic mass is 16.2. The zero-order chi connectivity index (χ0) is 17.9. The number of carbonyl (C=O) groups is 2. The van der Waals surface area contributed by atoms with E-state index in [9.17, 15) is 9.59 Å². The molecule has 4 heteroatoms. The SMILES string of the molecule is O=C(Nc1cccc2c1CCCC2)c1ccc(CN2CCCC2=O)cc1. The second-order valence-electron chi connectivity index (χ2n) is 7.22. The summed E-state index contributed by atoms with van der Waals surface area (Å²) >= 11 is 0. The molecule has 0 atom stereocenters. The normalized spacial score (nSPS) is 16.5. The van der Waals surface area contributed by atoms with Crippen LogP contribution < -0.4 is 5.32 Å². The molecular weight excluding hydrogens is 324 g/mol. The van der Waals surface area contributed by atoms with Crippen molar-refractivity contribution in [2.75, 3.05) is 11.9 Å². The van der Waals surface area contributed by atoms with E-state index in [2.05, 4.69) is 11.4 Å². The van der Waals surface area contributed by atoms with Gasteiger partial charge in [-0.3, -0.25) is 9.59 Å². The molecule has 2 aliphatic rings. The maximum absolute atomic E-state index is 12.6. The molecule has 1 N–H and O–H groups in total. The number of fused-ring (bicyclic) bond motifs is 1. The quantitative estimate of drug-likeness (QED) is 0.910. The average Bonchev–Trinajstić information content (AvgIpc) is 3.07. The molecule has 1 heterocycles. The first-order chi connectivity index (χ1) is 12.7. The van der Waals surface area contributed by atoms with Crippen molar-refractivity contribution in [2.45, 2.75) is 45.1 Å². The average molecular weight is 348 g/mol. The number of hydrogen-bond donors (Lipinski definition) is 1. The van der Waals surface area contributed by atoms with Gasteiger partial charge in [-0.15, -0.1) is 0 Å². The smallest absolute Gasteiger partial charge is 0.255 e. The number of aryl methyl sites for hydroxylation is 1. The zero-order valence-electron chi connectivity index (χ0n) is 15.0. The number of amides is 2. The van der Waals surface area contributed by atoms with Crippen LogP contribution in [0.25, 0.3) is 0 Å². The molecule has 4 rings (SSSR count). The topological polar surface area (TPSA) is 49.4 Å². The third-order valence-corrected chi connectivity index (χ3v) is 5.41. The monoisotopic (exact) mass is 348 g/mol. The summed E-state index contributed by atoms with van der Waals surface area (Å²) in [5.41, 5.74) is 5.30. The van der Waals surface area contributed by atoms with Crippen LogP contribution >= 0.6 is 0 Å². The minimum atomic E-state index is -0.0761. The molecule has 1 saturated heterocycles. The Morgan fingerprint density at radius 3 is 2.54 bits per heavy atom. The number of nitrogens with zero attached hydrogens (tertiary/aromatic N) is 1. The lowest BCUT2D eigenvalue weighted by atomic mass is 9.90. The first-order valence-corrected chi connectivity index (χ1v) is 9.49. The number of benzene rings is 2. The maximum atomic E-state index is 12.6. The molecule has 1 aliphatic carbocycles. The van der Waals surface area contributed by atoms with Gasteiger partial charge in [0.25, 0.3) is 5.91 Å². The molecular formula is C22H24N2O2. The van der Waals surface area contributed by atoms with Gasteiger partial charge in [0.2, 0.25) is 5.91 Å². The minimum absolute atomic E-state index is 0.0761. The van der Waals surface area contributed by atoms with Gasteiger partial charge in [-0.05, 0) is 67.0 Å². The predicted molar refractivity (Wildman–Crippen MR) is 102 cm³/mol. The third kappa shape index (κ3) is 3.50. The van der Waals surface area contributed by atoms with Crippen LogP contribution in [-0.2, 0) is 24.2 Å². The second kappa shape index (κ2) is 7.32. The molecule has 0 unspecified atom stereocenters. The number of anilines is 1. The van der Waals surface area contributed by atoms with Gasteiger partial charge < -0.3 is 10.2 Å². The third-order valence-electron chi connectivity index (χ3n) is 5.41. The van der Waals surface area contributed by atoms with Crippen molar-refractivity contribution < 1.29 is 9.59 Å². The Labute approximate surface area is 154 Å². The van der Waals surface area contributed by atoms with Crippen molar-refractivity contribution in [1.82, 2.24) is 4.90 Å². The molecule has 1 aliphatic heterocycles. The van der Waals surface area contributed by atoms with Gasteiger partial charge in [0.1, 0.15) is 0 Å². The molecule has 1 fully saturated rings. The summed E-state index contributed by atoms with van der Waals surface area (Å²) < 4.78 is 0. The van der Waals surface area contributed by atoms with Crippen LogP contribution in [0.5, 0.6) is 0 Å². The van der Waals surface area contributed by atoms with Gasteiger partial charge in [-0.2, -0.15) is 0 Å². The van der Waals surface area contributed by atoms with Crippen LogP contribution in [0, 0.1) is 0 Å². The highest BCUT2D eigenvalue weighted by molar-refractivity contribution is 6.04. The molecule has 2 amide bonds. The van der Waals surface area contributed by atoms with E-state index in [1.807, 2.05) is 41.3 Å². The fourth-order valence-corrected chi connectivity index (χ4v) is 3.95. The fourth-order valence-electron chi connectivity index (χ4n) is 3.95. The van der Waals surface area contributed by atoms with E-state index in [-0.39, 0.29) is 11.8 Å². The van der Waals surface area contributed by atoms with Crippen LogP contribution in [0.15, 0.2) is 42.5 Å². The first-order valence-electron chi connectivity index (χ1n) is 9.49. The van der Waals surface area contributed by atoms with Crippen molar-refractivity contribution in [3.05, 3.63) is 64.7 Å². The van der Waals surface area contributed by atoms with Crippen molar-refractivity contribution >= 4 is 17.5 Å². The van der Waals surface area contributed by atoms with Crippen molar-refractivity contribution in [2.24, 2.45) is 0 Å². The van der Waals surface area contributed by atoms with Gasteiger partial charge in [-0.25, -0.2) is 0 Å². The molecule has 2 aromatic carbocycles. The molecule has 0 saturated carbocycles. The minimum Gasteiger partial charge on any atom is -0.338 e. The summed E-state index contributed by atoms with van der Waals surface area (Å²) in [5, 5.41) is 3.08. The molecule has 0 spiro atoms. The number of rotatable bonds is 4. The zero-order valence-corrected chi connectivity index (χ0v) is 15.0. The number of likely N-dealkylation sites (tertiary alicyclic amines) is 1. The van der Waals surface area contributed by atoms with Gasteiger partial charge >= 0.3 is 0 Å². The molecule has 0 bridgehead atoms. The van der Waals surface area contributed by atoms with E-state index in [0.717, 1.165) is 37.1 Å². The second-order valence-corrected chi connectivity index (χ2v) is 7.22. The number of nitrogens with one attached hydrogen (secondary N) is 1. The predicted octanol–water partition coefficient (Wildman–Crippen LogP) is 3.94. The van der Waals surface area contributed by atoms with Crippen molar-refractivity contribution in [1.29, 1.82) is 0 Å². The Hall–Kier alpha value is -2.62. The molecule has 134 valence electrons. The van der Waals surface area contributed by atoms with E-state index in [4.69, 9.17) is 0 Å². The van der Waals surface area contributed by atoms with Gasteiger partial charge in [-0.1, -0.05) is 24.3 Å². The summed E-state index contributed by atoms with van der Waals surface area (Å²) in [7, 11) is 0. The summed E-state index contributed by atoms with van der Waals surface area (Å²) in [5.74, 6) is 0.147. The summed E-state index contributed by atoms with van der Waals surface area (Å²) in [6, 6.07) is 13.8. The van der Waals surface area contributed by atoms with Crippen molar-refractivity contribution in [3.8, 4) is 0 Å². The van der Waals surface area contributed by atoms with Crippen LogP contribution in [0.2, 0.25) is 0 Å². The van der Waals surface area contributed by atoms with E-state index >= 15 is 0 Å². The summed E-state index contributed by atoms with van der Waals surface area (Å²) in [6.45, 7) is 1.47. The van der Waals surface area contributed by atoms with E-state index in [1.165, 1.54) is 24.0 Å². The Morgan fingerprint density at radius 1 is 0.962 bits per heavy atom. The lowest BCUT2D eigenvalue weighted by Crippen LogP contribution is -2.23. The van der Waals surface area contributed by atoms with Gasteiger partial charge in [0, 0.05) is 30.8 Å². The van der Waals surface area contributed by atoms with Crippen LogP contribution in [0.3, 0.4) is 0 Å². The molecule has 2 aromatic rings. The fraction of sp³-hybridized carbons (Fsp3) is 0.364. The van der Waals surface area contributed by atoms with Gasteiger partial charge in [0.15, 0.2) is 0 Å². The highest BCUT2D eigenvalue weighted by Gasteiger charge is 2.20. The maximum Gasteiger partial charge on any atom is 0.255 e. The van der Waals surface area contributed by atoms with Crippen LogP contribution in [0.1, 0.15) is 52.7 Å². The summed E-state index contributed by atoms with van der Waals surface area (Å²) in [4.78, 5) is 26.2. The summed E-state index contributed by atoms with van der Waals surface area (Å²) in [6.07, 6.45) is 6.15. The first kappa shape index (κ1) is 16.8. The van der Waals surface area contributed by atoms with E-state index in [0.29, 0.717) is 18.5 Å². The molecule has 26 heavy (non-hydrogen) atoms. The number of carbonyl (C=O) groups excluding carboxylic acids is 2.